The maximum atomic E-state index is 11.3. The van der Waals surface area contributed by atoms with E-state index >= 15 is 0 Å². The van der Waals surface area contributed by atoms with Crippen molar-refractivity contribution in [3.8, 4) is 0 Å². The van der Waals surface area contributed by atoms with Crippen LogP contribution in [0.15, 0.2) is 0 Å². The van der Waals surface area contributed by atoms with E-state index in [1.165, 1.54) is 0 Å². The normalized spacial score (nSPS) is 12.9. The smallest absolute Gasteiger partial charge is 0.236 e. The van der Waals surface area contributed by atoms with E-state index in [2.05, 4.69) is 24.1 Å². The molecule has 0 heterocycles. The standard InChI is InChI=1S/C11H25N3O/c1-4-10(12)11(15)13-8-7-9-14(5-2)6-3/h10H,4-9,12H2,1-3H3,(H,13,15). The number of nitrogens with zero attached hydrogens (tertiary/aromatic N) is 1. The lowest BCUT2D eigenvalue weighted by atomic mass is 10.2. The van der Waals surface area contributed by atoms with Crippen LogP contribution in [-0.2, 0) is 4.79 Å². The number of nitrogens with two attached hydrogens (primary N) is 1. The first kappa shape index (κ1) is 14.4. The van der Waals surface area contributed by atoms with Gasteiger partial charge in [0.25, 0.3) is 0 Å². The average Bonchev–Trinajstić information content (AvgIpc) is 2.27. The van der Waals surface area contributed by atoms with Gasteiger partial charge in [-0.05, 0) is 32.5 Å². The van der Waals surface area contributed by atoms with Crippen LogP contribution in [0, 0.1) is 0 Å². The summed E-state index contributed by atoms with van der Waals surface area (Å²) in [7, 11) is 0. The van der Waals surface area contributed by atoms with E-state index in [-0.39, 0.29) is 11.9 Å². The van der Waals surface area contributed by atoms with Crippen LogP contribution in [0.2, 0.25) is 0 Å². The molecule has 0 aromatic rings. The van der Waals surface area contributed by atoms with Crippen molar-refractivity contribution in [1.29, 1.82) is 0 Å². The molecule has 0 radical (unpaired) electrons. The molecule has 0 fully saturated rings. The molecule has 0 spiro atoms. The largest absolute Gasteiger partial charge is 0.355 e. The van der Waals surface area contributed by atoms with Gasteiger partial charge in [0.1, 0.15) is 0 Å². The first-order valence-corrected chi connectivity index (χ1v) is 5.91. The summed E-state index contributed by atoms with van der Waals surface area (Å²) in [6, 6.07) is -0.349. The Kier molecular flexibility index (Phi) is 8.33. The van der Waals surface area contributed by atoms with Gasteiger partial charge in [0.2, 0.25) is 5.91 Å². The van der Waals surface area contributed by atoms with Gasteiger partial charge in [-0.2, -0.15) is 0 Å². The second-order valence-electron chi connectivity index (χ2n) is 3.69. The molecule has 0 aromatic carbocycles. The minimum atomic E-state index is -0.349. The van der Waals surface area contributed by atoms with E-state index < -0.39 is 0 Å². The first-order valence-electron chi connectivity index (χ1n) is 5.91. The van der Waals surface area contributed by atoms with Gasteiger partial charge in [0.05, 0.1) is 6.04 Å². The van der Waals surface area contributed by atoms with Crippen LogP contribution in [0.5, 0.6) is 0 Å². The van der Waals surface area contributed by atoms with E-state index in [0.717, 1.165) is 32.6 Å². The highest BCUT2D eigenvalue weighted by molar-refractivity contribution is 5.81. The molecule has 1 atom stereocenters. The zero-order valence-corrected chi connectivity index (χ0v) is 10.3. The van der Waals surface area contributed by atoms with Crippen LogP contribution >= 0.6 is 0 Å². The minimum Gasteiger partial charge on any atom is -0.355 e. The molecule has 0 aromatic heterocycles. The van der Waals surface area contributed by atoms with Gasteiger partial charge in [-0.3, -0.25) is 4.79 Å². The molecule has 0 aliphatic rings. The summed E-state index contributed by atoms with van der Waals surface area (Å²) in [5.41, 5.74) is 5.59. The van der Waals surface area contributed by atoms with Crippen molar-refractivity contribution in [2.24, 2.45) is 5.73 Å². The molecule has 15 heavy (non-hydrogen) atoms. The molecule has 4 heteroatoms. The maximum Gasteiger partial charge on any atom is 0.236 e. The average molecular weight is 215 g/mol. The van der Waals surface area contributed by atoms with E-state index in [1.807, 2.05) is 6.92 Å². The molecule has 0 saturated carbocycles. The Hall–Kier alpha value is -0.610. The van der Waals surface area contributed by atoms with Crippen molar-refractivity contribution in [2.75, 3.05) is 26.2 Å². The molecule has 1 amide bonds. The van der Waals surface area contributed by atoms with Crippen LogP contribution in [0.4, 0.5) is 0 Å². The summed E-state index contributed by atoms with van der Waals surface area (Å²) in [6.45, 7) is 10.1. The summed E-state index contributed by atoms with van der Waals surface area (Å²) in [5, 5.41) is 2.85. The van der Waals surface area contributed by atoms with Crippen molar-refractivity contribution in [1.82, 2.24) is 10.2 Å². The Morgan fingerprint density at radius 2 is 1.93 bits per heavy atom. The highest BCUT2D eigenvalue weighted by atomic mass is 16.2. The number of rotatable bonds is 8. The number of carbonyl (C=O) groups excluding carboxylic acids is 1. The summed E-state index contributed by atoms with van der Waals surface area (Å²) < 4.78 is 0. The monoisotopic (exact) mass is 215 g/mol. The molecule has 90 valence electrons. The molecule has 0 saturated heterocycles. The summed E-state index contributed by atoms with van der Waals surface area (Å²) in [4.78, 5) is 13.6. The van der Waals surface area contributed by atoms with Crippen LogP contribution in [0.1, 0.15) is 33.6 Å². The van der Waals surface area contributed by atoms with Crippen molar-refractivity contribution < 1.29 is 4.79 Å². The van der Waals surface area contributed by atoms with Gasteiger partial charge < -0.3 is 16.0 Å². The Morgan fingerprint density at radius 3 is 2.40 bits per heavy atom. The van der Waals surface area contributed by atoms with Gasteiger partial charge >= 0.3 is 0 Å². The SMILES string of the molecule is CCC(N)C(=O)NCCCN(CC)CC. The predicted octanol–water partition coefficient (Wildman–Crippen LogP) is 0.572. The molecule has 1 unspecified atom stereocenters. The van der Waals surface area contributed by atoms with Gasteiger partial charge in [-0.25, -0.2) is 0 Å². The molecule has 3 N–H and O–H groups in total. The van der Waals surface area contributed by atoms with Gasteiger partial charge in [-0.1, -0.05) is 20.8 Å². The molecule has 4 nitrogen and oxygen atoms in total. The first-order chi connectivity index (χ1) is 7.15. The third-order valence-corrected chi connectivity index (χ3v) is 2.62. The number of hydrogen-bond acceptors (Lipinski definition) is 3. The van der Waals surface area contributed by atoms with Gasteiger partial charge in [0, 0.05) is 6.54 Å². The quantitative estimate of drug-likeness (QED) is 0.582. The Balaban J connectivity index is 3.49. The van der Waals surface area contributed by atoms with E-state index in [4.69, 9.17) is 5.73 Å². The lowest BCUT2D eigenvalue weighted by molar-refractivity contribution is -0.122. The van der Waals surface area contributed by atoms with Crippen LogP contribution in [0.25, 0.3) is 0 Å². The molecular formula is C11H25N3O. The van der Waals surface area contributed by atoms with Gasteiger partial charge in [-0.15, -0.1) is 0 Å². The van der Waals surface area contributed by atoms with Crippen LogP contribution in [0.3, 0.4) is 0 Å². The number of hydrogen-bond donors (Lipinski definition) is 2. The molecule has 0 aliphatic carbocycles. The predicted molar refractivity (Wildman–Crippen MR) is 63.7 cm³/mol. The van der Waals surface area contributed by atoms with Crippen LogP contribution in [-0.4, -0.2) is 43.0 Å². The number of nitrogens with one attached hydrogen (secondary N) is 1. The van der Waals surface area contributed by atoms with E-state index in [0.29, 0.717) is 6.42 Å². The van der Waals surface area contributed by atoms with Gasteiger partial charge in [0.15, 0.2) is 0 Å². The maximum absolute atomic E-state index is 11.3. The topological polar surface area (TPSA) is 58.4 Å². The van der Waals surface area contributed by atoms with E-state index in [9.17, 15) is 4.79 Å². The number of carbonyl (C=O) groups is 1. The summed E-state index contributed by atoms with van der Waals surface area (Å²) >= 11 is 0. The lowest BCUT2D eigenvalue weighted by Crippen LogP contribution is -2.41. The second-order valence-corrected chi connectivity index (χ2v) is 3.69. The Morgan fingerprint density at radius 1 is 1.33 bits per heavy atom. The number of amides is 1. The fourth-order valence-electron chi connectivity index (χ4n) is 1.37. The zero-order chi connectivity index (χ0) is 11.7. The molecule has 0 bridgehead atoms. The van der Waals surface area contributed by atoms with Crippen LogP contribution < -0.4 is 11.1 Å². The molecular weight excluding hydrogens is 190 g/mol. The highest BCUT2D eigenvalue weighted by Gasteiger charge is 2.09. The molecule has 0 rings (SSSR count). The minimum absolute atomic E-state index is 0.0305. The Labute approximate surface area is 93.2 Å². The third kappa shape index (κ3) is 6.47. The second kappa shape index (κ2) is 8.68. The zero-order valence-electron chi connectivity index (χ0n) is 10.3. The third-order valence-electron chi connectivity index (χ3n) is 2.62. The lowest BCUT2D eigenvalue weighted by Gasteiger charge is -2.18. The fraction of sp³-hybridized carbons (Fsp3) is 0.909. The van der Waals surface area contributed by atoms with E-state index in [1.54, 1.807) is 0 Å². The van der Waals surface area contributed by atoms with Crippen molar-refractivity contribution >= 4 is 5.91 Å². The summed E-state index contributed by atoms with van der Waals surface area (Å²) in [5.74, 6) is -0.0305. The fourth-order valence-corrected chi connectivity index (χ4v) is 1.37. The molecule has 0 aliphatic heterocycles. The van der Waals surface area contributed by atoms with Crippen molar-refractivity contribution in [3.05, 3.63) is 0 Å². The Bertz CT molecular complexity index is 169. The van der Waals surface area contributed by atoms with Crippen molar-refractivity contribution in [3.63, 3.8) is 0 Å². The summed E-state index contributed by atoms with van der Waals surface area (Å²) in [6.07, 6.45) is 1.69. The highest BCUT2D eigenvalue weighted by Crippen LogP contribution is 1.90. The van der Waals surface area contributed by atoms with Crippen molar-refractivity contribution in [2.45, 2.75) is 39.7 Å².